The van der Waals surface area contributed by atoms with Crippen LogP contribution in [0.4, 0.5) is 0 Å². The van der Waals surface area contributed by atoms with E-state index in [1.165, 1.54) is 0 Å². The zero-order valence-corrected chi connectivity index (χ0v) is 12.5. The van der Waals surface area contributed by atoms with Gasteiger partial charge in [-0.25, -0.2) is 9.97 Å². The van der Waals surface area contributed by atoms with E-state index in [-0.39, 0.29) is 5.54 Å². The molecule has 1 aromatic rings. The van der Waals surface area contributed by atoms with Gasteiger partial charge in [0.25, 0.3) is 0 Å². The molecule has 1 aromatic heterocycles. The zero-order chi connectivity index (χ0) is 13.9. The third-order valence-corrected chi connectivity index (χ3v) is 3.31. The smallest absolute Gasteiger partial charge is 0.132 e. The van der Waals surface area contributed by atoms with E-state index in [0.29, 0.717) is 5.92 Å². The van der Waals surface area contributed by atoms with Crippen molar-refractivity contribution in [3.63, 3.8) is 0 Å². The average Bonchev–Trinajstić information content (AvgIpc) is 2.36. The number of ether oxygens (including phenoxy) is 1. The van der Waals surface area contributed by atoms with Gasteiger partial charge in [0, 0.05) is 36.9 Å². The van der Waals surface area contributed by atoms with Gasteiger partial charge in [-0.1, -0.05) is 0 Å². The minimum atomic E-state index is 0.109. The van der Waals surface area contributed by atoms with E-state index in [0.717, 1.165) is 49.8 Å². The molecule has 0 aromatic carbocycles. The average molecular weight is 263 g/mol. The molecule has 0 spiro atoms. The highest BCUT2D eigenvalue weighted by Crippen LogP contribution is 2.24. The molecule has 0 amide bonds. The fourth-order valence-electron chi connectivity index (χ4n) is 2.24. The lowest BCUT2D eigenvalue weighted by molar-refractivity contribution is 0.0835. The molecule has 0 aliphatic carbocycles. The van der Waals surface area contributed by atoms with Crippen LogP contribution in [0, 0.1) is 6.92 Å². The van der Waals surface area contributed by atoms with Crippen LogP contribution in [0.1, 0.15) is 56.7 Å². The van der Waals surface area contributed by atoms with Crippen molar-refractivity contribution in [2.75, 3.05) is 13.2 Å². The van der Waals surface area contributed by atoms with E-state index in [2.05, 4.69) is 37.1 Å². The van der Waals surface area contributed by atoms with Gasteiger partial charge in [-0.2, -0.15) is 0 Å². The van der Waals surface area contributed by atoms with Crippen molar-refractivity contribution < 1.29 is 4.74 Å². The molecule has 0 saturated carbocycles. The fraction of sp³-hybridized carbons (Fsp3) is 0.733. The van der Waals surface area contributed by atoms with Gasteiger partial charge in [-0.05, 0) is 46.6 Å². The third kappa shape index (κ3) is 4.55. The Labute approximate surface area is 116 Å². The predicted molar refractivity (Wildman–Crippen MR) is 76.2 cm³/mol. The first kappa shape index (κ1) is 14.4. The molecule has 1 N–H and O–H groups in total. The lowest BCUT2D eigenvalue weighted by Crippen LogP contribution is -2.35. The summed E-state index contributed by atoms with van der Waals surface area (Å²) < 4.78 is 5.41. The van der Waals surface area contributed by atoms with E-state index >= 15 is 0 Å². The topological polar surface area (TPSA) is 47.0 Å². The summed E-state index contributed by atoms with van der Waals surface area (Å²) in [5, 5.41) is 3.48. The SMILES string of the molecule is Cc1cc(CNC(C)(C)C)nc(C2CCOCC2)n1. The van der Waals surface area contributed by atoms with Gasteiger partial charge >= 0.3 is 0 Å². The van der Waals surface area contributed by atoms with Gasteiger partial charge < -0.3 is 10.1 Å². The number of rotatable bonds is 3. The highest BCUT2D eigenvalue weighted by atomic mass is 16.5. The number of hydrogen-bond acceptors (Lipinski definition) is 4. The Morgan fingerprint density at radius 2 is 1.95 bits per heavy atom. The van der Waals surface area contributed by atoms with Crippen LogP contribution in [0.5, 0.6) is 0 Å². The maximum absolute atomic E-state index is 5.41. The maximum atomic E-state index is 5.41. The normalized spacial score (nSPS) is 17.7. The third-order valence-electron chi connectivity index (χ3n) is 3.31. The van der Waals surface area contributed by atoms with Crippen LogP contribution in [-0.4, -0.2) is 28.7 Å². The number of nitrogens with zero attached hydrogens (tertiary/aromatic N) is 2. The molecular formula is C15H25N3O. The van der Waals surface area contributed by atoms with Crippen LogP contribution in [0.3, 0.4) is 0 Å². The highest BCUT2D eigenvalue weighted by Gasteiger charge is 2.19. The van der Waals surface area contributed by atoms with Crippen molar-refractivity contribution in [1.82, 2.24) is 15.3 Å². The van der Waals surface area contributed by atoms with Gasteiger partial charge in [-0.15, -0.1) is 0 Å². The Balaban J connectivity index is 2.10. The molecule has 1 aliphatic rings. The summed E-state index contributed by atoms with van der Waals surface area (Å²) in [7, 11) is 0. The van der Waals surface area contributed by atoms with E-state index < -0.39 is 0 Å². The lowest BCUT2D eigenvalue weighted by Gasteiger charge is -2.23. The molecule has 19 heavy (non-hydrogen) atoms. The molecule has 2 rings (SSSR count). The van der Waals surface area contributed by atoms with Crippen molar-refractivity contribution in [2.45, 2.75) is 58.5 Å². The number of aryl methyl sites for hydroxylation is 1. The molecule has 2 heterocycles. The summed E-state index contributed by atoms with van der Waals surface area (Å²) in [6.45, 7) is 11.0. The number of hydrogen-bond donors (Lipinski definition) is 1. The van der Waals surface area contributed by atoms with E-state index in [4.69, 9.17) is 9.72 Å². The summed E-state index contributed by atoms with van der Waals surface area (Å²) in [5.41, 5.74) is 2.25. The predicted octanol–water partition coefficient (Wildman–Crippen LogP) is 2.57. The Kier molecular flexibility index (Phi) is 4.53. The van der Waals surface area contributed by atoms with E-state index in [9.17, 15) is 0 Å². The Hall–Kier alpha value is -1.00. The Morgan fingerprint density at radius 3 is 2.58 bits per heavy atom. The van der Waals surface area contributed by atoms with Crippen molar-refractivity contribution >= 4 is 0 Å². The molecule has 0 radical (unpaired) electrons. The molecule has 4 nitrogen and oxygen atoms in total. The fourth-order valence-corrected chi connectivity index (χ4v) is 2.24. The molecule has 4 heteroatoms. The minimum Gasteiger partial charge on any atom is -0.381 e. The highest BCUT2D eigenvalue weighted by molar-refractivity contribution is 5.13. The monoisotopic (exact) mass is 263 g/mol. The largest absolute Gasteiger partial charge is 0.381 e. The molecule has 0 unspecified atom stereocenters. The second kappa shape index (κ2) is 5.97. The van der Waals surface area contributed by atoms with Crippen LogP contribution in [-0.2, 0) is 11.3 Å². The van der Waals surface area contributed by atoms with Gasteiger partial charge in [0.2, 0.25) is 0 Å². The van der Waals surface area contributed by atoms with Crippen molar-refractivity contribution in [2.24, 2.45) is 0 Å². The second-order valence-electron chi connectivity index (χ2n) is 6.35. The second-order valence-corrected chi connectivity index (χ2v) is 6.35. The Morgan fingerprint density at radius 1 is 1.26 bits per heavy atom. The van der Waals surface area contributed by atoms with Crippen molar-refractivity contribution in [3.8, 4) is 0 Å². The van der Waals surface area contributed by atoms with Crippen LogP contribution in [0.2, 0.25) is 0 Å². The standard InChI is InChI=1S/C15H25N3O/c1-11-9-13(10-16-15(2,3)4)18-14(17-11)12-5-7-19-8-6-12/h9,12,16H,5-8,10H2,1-4H3. The van der Waals surface area contributed by atoms with Crippen LogP contribution in [0.25, 0.3) is 0 Å². The number of aromatic nitrogens is 2. The summed E-state index contributed by atoms with van der Waals surface area (Å²) in [6, 6.07) is 2.07. The lowest BCUT2D eigenvalue weighted by atomic mass is 9.99. The van der Waals surface area contributed by atoms with Crippen molar-refractivity contribution in [1.29, 1.82) is 0 Å². The molecular weight excluding hydrogens is 238 g/mol. The van der Waals surface area contributed by atoms with E-state index in [1.54, 1.807) is 0 Å². The summed E-state index contributed by atoms with van der Waals surface area (Å²) in [6.07, 6.45) is 2.07. The van der Waals surface area contributed by atoms with Crippen LogP contribution >= 0.6 is 0 Å². The number of nitrogens with one attached hydrogen (secondary N) is 1. The summed E-state index contributed by atoms with van der Waals surface area (Å²) >= 11 is 0. The van der Waals surface area contributed by atoms with Gasteiger partial charge in [0.15, 0.2) is 0 Å². The van der Waals surface area contributed by atoms with Gasteiger partial charge in [0.1, 0.15) is 5.82 Å². The summed E-state index contributed by atoms with van der Waals surface area (Å²) in [4.78, 5) is 9.34. The minimum absolute atomic E-state index is 0.109. The van der Waals surface area contributed by atoms with E-state index in [1.807, 2.05) is 6.92 Å². The quantitative estimate of drug-likeness (QED) is 0.910. The molecule has 0 atom stereocenters. The molecule has 106 valence electrons. The first-order valence-electron chi connectivity index (χ1n) is 7.11. The maximum Gasteiger partial charge on any atom is 0.132 e. The van der Waals surface area contributed by atoms with Crippen molar-refractivity contribution in [3.05, 3.63) is 23.3 Å². The molecule has 1 saturated heterocycles. The summed E-state index contributed by atoms with van der Waals surface area (Å²) in [5.74, 6) is 1.45. The van der Waals surface area contributed by atoms with Gasteiger partial charge in [-0.3, -0.25) is 0 Å². The first-order valence-corrected chi connectivity index (χ1v) is 7.11. The van der Waals surface area contributed by atoms with Gasteiger partial charge in [0.05, 0.1) is 5.69 Å². The Bertz CT molecular complexity index is 420. The zero-order valence-electron chi connectivity index (χ0n) is 12.5. The van der Waals surface area contributed by atoms with Crippen LogP contribution < -0.4 is 5.32 Å². The molecule has 1 fully saturated rings. The van der Waals surface area contributed by atoms with Crippen LogP contribution in [0.15, 0.2) is 6.07 Å². The molecule has 0 bridgehead atoms. The molecule has 1 aliphatic heterocycles. The first-order chi connectivity index (χ1) is 8.94.